The minimum Gasteiger partial charge on any atom is -0.496 e. The van der Waals surface area contributed by atoms with Gasteiger partial charge in [0.15, 0.2) is 0 Å². The van der Waals surface area contributed by atoms with Gasteiger partial charge < -0.3 is 14.7 Å². The first kappa shape index (κ1) is 13.9. The molecule has 1 N–H and O–H groups in total. The van der Waals surface area contributed by atoms with Crippen molar-refractivity contribution in [1.82, 2.24) is 4.90 Å². The van der Waals surface area contributed by atoms with Crippen molar-refractivity contribution in [2.45, 2.75) is 26.3 Å². The second-order valence-corrected chi connectivity index (χ2v) is 5.41. The van der Waals surface area contributed by atoms with Gasteiger partial charge >= 0.3 is 0 Å². The lowest BCUT2D eigenvalue weighted by Crippen LogP contribution is -2.35. The molecule has 0 aliphatic heterocycles. The third-order valence-corrected chi connectivity index (χ3v) is 3.80. The normalized spacial score (nSPS) is 16.0. The SMILES string of the molecule is COc1ccc(C)cc1CN(C)C(=O)C1(CO)CC1. The first-order chi connectivity index (χ1) is 9.02. The molecule has 0 heterocycles. The van der Waals surface area contributed by atoms with Crippen LogP contribution < -0.4 is 4.74 Å². The molecule has 1 aliphatic carbocycles. The molecule has 1 aromatic carbocycles. The second-order valence-electron chi connectivity index (χ2n) is 5.41. The van der Waals surface area contributed by atoms with Crippen LogP contribution in [0.5, 0.6) is 5.75 Å². The zero-order chi connectivity index (χ0) is 14.0. The molecule has 1 saturated carbocycles. The fraction of sp³-hybridized carbons (Fsp3) is 0.533. The fourth-order valence-corrected chi connectivity index (χ4v) is 2.35. The summed E-state index contributed by atoms with van der Waals surface area (Å²) in [5.41, 5.74) is 1.62. The van der Waals surface area contributed by atoms with Crippen molar-refractivity contribution >= 4 is 5.91 Å². The lowest BCUT2D eigenvalue weighted by molar-refractivity contribution is -0.137. The molecule has 4 heteroatoms. The van der Waals surface area contributed by atoms with Crippen molar-refractivity contribution in [3.8, 4) is 5.75 Å². The Balaban J connectivity index is 2.12. The average molecular weight is 263 g/mol. The average Bonchev–Trinajstić information content (AvgIpc) is 3.19. The van der Waals surface area contributed by atoms with Crippen molar-refractivity contribution in [3.63, 3.8) is 0 Å². The summed E-state index contributed by atoms with van der Waals surface area (Å²) in [4.78, 5) is 14.0. The maximum absolute atomic E-state index is 12.3. The number of nitrogens with zero attached hydrogens (tertiary/aromatic N) is 1. The highest BCUT2D eigenvalue weighted by Crippen LogP contribution is 2.46. The summed E-state index contributed by atoms with van der Waals surface area (Å²) in [7, 11) is 3.41. The number of aliphatic hydroxyl groups is 1. The number of hydrogen-bond acceptors (Lipinski definition) is 3. The maximum atomic E-state index is 12.3. The molecule has 1 aromatic rings. The fourth-order valence-electron chi connectivity index (χ4n) is 2.35. The van der Waals surface area contributed by atoms with Gasteiger partial charge in [0.05, 0.1) is 19.1 Å². The van der Waals surface area contributed by atoms with Crippen LogP contribution in [-0.2, 0) is 11.3 Å². The van der Waals surface area contributed by atoms with E-state index < -0.39 is 5.41 Å². The highest BCUT2D eigenvalue weighted by atomic mass is 16.5. The monoisotopic (exact) mass is 263 g/mol. The van der Waals surface area contributed by atoms with Crippen LogP contribution in [0.3, 0.4) is 0 Å². The molecular formula is C15H21NO3. The van der Waals surface area contributed by atoms with Gasteiger partial charge in [0, 0.05) is 19.2 Å². The molecule has 0 bridgehead atoms. The number of carbonyl (C=O) groups excluding carboxylic acids is 1. The molecule has 0 unspecified atom stereocenters. The molecule has 0 aromatic heterocycles. The lowest BCUT2D eigenvalue weighted by atomic mass is 10.1. The number of amides is 1. The van der Waals surface area contributed by atoms with E-state index in [1.165, 1.54) is 0 Å². The van der Waals surface area contributed by atoms with E-state index in [1.54, 1.807) is 19.1 Å². The van der Waals surface area contributed by atoms with Gasteiger partial charge in [-0.1, -0.05) is 17.7 Å². The van der Waals surface area contributed by atoms with Crippen molar-refractivity contribution in [2.24, 2.45) is 5.41 Å². The molecule has 0 spiro atoms. The van der Waals surface area contributed by atoms with Crippen molar-refractivity contribution in [2.75, 3.05) is 20.8 Å². The van der Waals surface area contributed by atoms with Crippen molar-refractivity contribution in [3.05, 3.63) is 29.3 Å². The Morgan fingerprint density at radius 1 is 1.47 bits per heavy atom. The molecule has 1 aliphatic rings. The first-order valence-corrected chi connectivity index (χ1v) is 6.52. The Kier molecular flexibility index (Phi) is 3.80. The van der Waals surface area contributed by atoms with Crippen molar-refractivity contribution in [1.29, 1.82) is 0 Å². The van der Waals surface area contributed by atoms with Crippen LogP contribution in [0.15, 0.2) is 18.2 Å². The van der Waals surface area contributed by atoms with Crippen LogP contribution in [0.4, 0.5) is 0 Å². The first-order valence-electron chi connectivity index (χ1n) is 6.52. The highest BCUT2D eigenvalue weighted by molar-refractivity contribution is 5.85. The zero-order valence-electron chi connectivity index (χ0n) is 11.8. The van der Waals surface area contributed by atoms with E-state index in [4.69, 9.17) is 4.74 Å². The van der Waals surface area contributed by atoms with Crippen LogP contribution >= 0.6 is 0 Å². The summed E-state index contributed by atoms with van der Waals surface area (Å²) in [6.45, 7) is 2.47. The van der Waals surface area contributed by atoms with E-state index >= 15 is 0 Å². The van der Waals surface area contributed by atoms with E-state index in [-0.39, 0.29) is 12.5 Å². The molecule has 0 radical (unpaired) electrons. The quantitative estimate of drug-likeness (QED) is 0.880. The molecule has 104 valence electrons. The second kappa shape index (κ2) is 5.21. The third kappa shape index (κ3) is 2.73. The molecule has 0 saturated heterocycles. The number of benzene rings is 1. The van der Waals surface area contributed by atoms with Gasteiger partial charge in [-0.15, -0.1) is 0 Å². The van der Waals surface area contributed by atoms with Gasteiger partial charge in [-0.05, 0) is 25.8 Å². The maximum Gasteiger partial charge on any atom is 0.231 e. The van der Waals surface area contributed by atoms with Gasteiger partial charge in [0.2, 0.25) is 5.91 Å². The van der Waals surface area contributed by atoms with Crippen LogP contribution in [0, 0.1) is 12.3 Å². The summed E-state index contributed by atoms with van der Waals surface area (Å²) >= 11 is 0. The third-order valence-electron chi connectivity index (χ3n) is 3.80. The van der Waals surface area contributed by atoms with Gasteiger partial charge in [0.1, 0.15) is 5.75 Å². The predicted molar refractivity (Wildman–Crippen MR) is 73.0 cm³/mol. The van der Waals surface area contributed by atoms with Gasteiger partial charge in [-0.2, -0.15) is 0 Å². The van der Waals surface area contributed by atoms with Gasteiger partial charge in [0.25, 0.3) is 0 Å². The molecule has 1 fully saturated rings. The smallest absolute Gasteiger partial charge is 0.231 e. The molecule has 1 amide bonds. The number of ether oxygens (including phenoxy) is 1. The standard InChI is InChI=1S/C15H21NO3/c1-11-4-5-13(19-3)12(8-11)9-16(2)14(18)15(10-17)6-7-15/h4-5,8,17H,6-7,9-10H2,1-3H3. The van der Waals surface area contributed by atoms with E-state index in [2.05, 4.69) is 0 Å². The predicted octanol–water partition coefficient (Wildman–Crippen LogP) is 1.73. The summed E-state index contributed by atoms with van der Waals surface area (Å²) in [6, 6.07) is 5.93. The number of hydrogen-bond donors (Lipinski definition) is 1. The zero-order valence-corrected chi connectivity index (χ0v) is 11.8. The molecule has 2 rings (SSSR count). The van der Waals surface area contributed by atoms with Crippen LogP contribution in [0.2, 0.25) is 0 Å². The largest absolute Gasteiger partial charge is 0.496 e. The number of methoxy groups -OCH3 is 1. The van der Waals surface area contributed by atoms with Crippen molar-refractivity contribution < 1.29 is 14.6 Å². The van der Waals surface area contributed by atoms with E-state index in [0.29, 0.717) is 6.54 Å². The summed E-state index contributed by atoms with van der Waals surface area (Å²) in [6.07, 6.45) is 1.58. The minimum atomic E-state index is -0.508. The summed E-state index contributed by atoms with van der Waals surface area (Å²) < 4.78 is 5.32. The van der Waals surface area contributed by atoms with Crippen LogP contribution in [0.1, 0.15) is 24.0 Å². The lowest BCUT2D eigenvalue weighted by Gasteiger charge is -2.23. The van der Waals surface area contributed by atoms with Gasteiger partial charge in [-0.3, -0.25) is 4.79 Å². The van der Waals surface area contributed by atoms with Gasteiger partial charge in [-0.25, -0.2) is 0 Å². The molecular weight excluding hydrogens is 242 g/mol. The molecule has 0 atom stereocenters. The topological polar surface area (TPSA) is 49.8 Å². The van der Waals surface area contributed by atoms with Crippen LogP contribution in [0.25, 0.3) is 0 Å². The minimum absolute atomic E-state index is 0.0264. The Morgan fingerprint density at radius 3 is 2.68 bits per heavy atom. The van der Waals surface area contributed by atoms with Crippen LogP contribution in [-0.4, -0.2) is 36.7 Å². The summed E-state index contributed by atoms with van der Waals surface area (Å²) in [5, 5.41) is 9.31. The highest BCUT2D eigenvalue weighted by Gasteiger charge is 2.50. The molecule has 19 heavy (non-hydrogen) atoms. The Labute approximate surface area is 114 Å². The number of rotatable bonds is 5. The number of carbonyl (C=O) groups is 1. The Hall–Kier alpha value is -1.55. The number of aliphatic hydroxyl groups excluding tert-OH is 1. The van der Waals surface area contributed by atoms with E-state index in [1.807, 2.05) is 25.1 Å². The van der Waals surface area contributed by atoms with E-state index in [9.17, 15) is 9.90 Å². The molecule has 4 nitrogen and oxygen atoms in total. The Bertz CT molecular complexity index is 480. The summed E-state index contributed by atoms with van der Waals surface area (Å²) in [5.74, 6) is 0.817. The van der Waals surface area contributed by atoms with E-state index in [0.717, 1.165) is 29.7 Å². The Morgan fingerprint density at radius 2 is 2.16 bits per heavy atom. The number of aryl methyl sites for hydroxylation is 1.